The largest absolute Gasteiger partial charge is 0.481 e. The van der Waals surface area contributed by atoms with E-state index in [4.69, 9.17) is 5.11 Å². The number of rotatable bonds is 6. The Kier molecular flexibility index (Phi) is 7.29. The number of aliphatic carboxylic acids is 1. The van der Waals surface area contributed by atoms with Gasteiger partial charge in [0.05, 0.1) is 5.56 Å². The second-order valence-electron chi connectivity index (χ2n) is 8.71. The number of halogens is 3. The molecule has 8 heteroatoms. The van der Waals surface area contributed by atoms with Gasteiger partial charge < -0.3 is 14.9 Å². The van der Waals surface area contributed by atoms with E-state index >= 15 is 0 Å². The van der Waals surface area contributed by atoms with E-state index in [1.807, 2.05) is 4.90 Å². The molecule has 3 rings (SSSR count). The molecular formula is C22H32F3N3O2. The van der Waals surface area contributed by atoms with Gasteiger partial charge in [0.25, 0.3) is 0 Å². The molecule has 2 atom stereocenters. The Morgan fingerprint density at radius 2 is 1.87 bits per heavy atom. The highest BCUT2D eigenvalue weighted by Gasteiger charge is 2.36. The third-order valence-corrected chi connectivity index (χ3v) is 6.51. The number of carboxylic acids is 1. The molecule has 0 unspecified atom stereocenters. The Hall–Kier alpha value is -1.80. The van der Waals surface area contributed by atoms with Gasteiger partial charge >= 0.3 is 12.1 Å². The zero-order valence-corrected chi connectivity index (χ0v) is 17.7. The maximum atomic E-state index is 13.0. The summed E-state index contributed by atoms with van der Waals surface area (Å²) >= 11 is 0. The number of carboxylic acid groups (broad SMARTS) is 1. The van der Waals surface area contributed by atoms with Gasteiger partial charge in [0.2, 0.25) is 0 Å². The molecule has 30 heavy (non-hydrogen) atoms. The van der Waals surface area contributed by atoms with Crippen LogP contribution < -0.4 is 4.90 Å². The summed E-state index contributed by atoms with van der Waals surface area (Å²) in [5, 5.41) is 9.14. The third-order valence-electron chi connectivity index (χ3n) is 6.51. The molecule has 1 aromatic rings. The van der Waals surface area contributed by atoms with Crippen LogP contribution in [0.1, 0.15) is 38.7 Å². The first-order chi connectivity index (χ1) is 14.1. The predicted octanol–water partition coefficient (Wildman–Crippen LogP) is 3.79. The van der Waals surface area contributed by atoms with Crippen LogP contribution in [0.15, 0.2) is 24.3 Å². The summed E-state index contributed by atoms with van der Waals surface area (Å²) in [6.45, 7) is 9.17. The first-order valence-electron chi connectivity index (χ1n) is 10.8. The number of hydrogen-bond acceptors (Lipinski definition) is 4. The molecule has 2 heterocycles. The molecule has 5 nitrogen and oxygen atoms in total. The molecule has 0 aromatic heterocycles. The fourth-order valence-corrected chi connectivity index (χ4v) is 4.78. The average Bonchev–Trinajstić information content (AvgIpc) is 2.71. The topological polar surface area (TPSA) is 47.0 Å². The van der Waals surface area contributed by atoms with Gasteiger partial charge in [-0.1, -0.05) is 6.07 Å². The van der Waals surface area contributed by atoms with Crippen LogP contribution in [0.25, 0.3) is 0 Å². The van der Waals surface area contributed by atoms with E-state index < -0.39 is 17.7 Å². The van der Waals surface area contributed by atoms with Crippen molar-refractivity contribution in [2.45, 2.75) is 51.4 Å². The number of likely N-dealkylation sites (tertiary alicyclic amines) is 1. The highest BCUT2D eigenvalue weighted by Crippen LogP contribution is 2.33. The smallest absolute Gasteiger partial charge is 0.416 e. The number of carbonyl (C=O) groups is 1. The van der Waals surface area contributed by atoms with Crippen molar-refractivity contribution in [3.05, 3.63) is 29.8 Å². The lowest BCUT2D eigenvalue weighted by Gasteiger charge is -2.48. The van der Waals surface area contributed by atoms with E-state index in [0.29, 0.717) is 43.2 Å². The van der Waals surface area contributed by atoms with Crippen molar-refractivity contribution in [2.75, 3.05) is 44.2 Å². The summed E-state index contributed by atoms with van der Waals surface area (Å²) in [7, 11) is 0. The van der Waals surface area contributed by atoms with Crippen LogP contribution in [0.2, 0.25) is 0 Å². The molecule has 2 aliphatic heterocycles. The molecular weight excluding hydrogens is 395 g/mol. The summed E-state index contributed by atoms with van der Waals surface area (Å²) in [4.78, 5) is 18.0. The van der Waals surface area contributed by atoms with Crippen molar-refractivity contribution in [1.29, 1.82) is 0 Å². The lowest BCUT2D eigenvalue weighted by molar-refractivity contribution is -0.138. The Bertz CT molecular complexity index is 718. The Morgan fingerprint density at radius 3 is 2.47 bits per heavy atom. The molecule has 0 saturated carbocycles. The summed E-state index contributed by atoms with van der Waals surface area (Å²) in [6.07, 6.45) is -2.49. The maximum Gasteiger partial charge on any atom is 0.416 e. The van der Waals surface area contributed by atoms with Crippen LogP contribution in [-0.2, 0) is 11.0 Å². The molecule has 1 aromatic carbocycles. The molecule has 0 spiro atoms. The SMILES string of the molecule is CC(C)N1CC[C@H](N2CCN(c3cccc(C(F)(F)F)c3)CC2)[C@H](CCC(=O)O)C1. The maximum absolute atomic E-state index is 13.0. The van der Waals surface area contributed by atoms with Gasteiger partial charge in [0.1, 0.15) is 0 Å². The summed E-state index contributed by atoms with van der Waals surface area (Å²) in [5.41, 5.74) is -0.00116. The van der Waals surface area contributed by atoms with Crippen molar-refractivity contribution in [3.8, 4) is 0 Å². The molecule has 2 fully saturated rings. The Labute approximate surface area is 176 Å². The highest BCUT2D eigenvalue weighted by molar-refractivity contribution is 5.66. The number of piperidine rings is 1. The highest BCUT2D eigenvalue weighted by atomic mass is 19.4. The van der Waals surface area contributed by atoms with Gasteiger partial charge in [-0.2, -0.15) is 13.2 Å². The fraction of sp³-hybridized carbons (Fsp3) is 0.682. The molecule has 0 amide bonds. The normalized spacial score (nSPS) is 24.4. The Balaban J connectivity index is 1.63. The van der Waals surface area contributed by atoms with Gasteiger partial charge in [-0.25, -0.2) is 0 Å². The number of anilines is 1. The fourth-order valence-electron chi connectivity index (χ4n) is 4.78. The molecule has 0 radical (unpaired) electrons. The number of nitrogens with zero attached hydrogens (tertiary/aromatic N) is 3. The third kappa shape index (κ3) is 5.66. The molecule has 0 bridgehead atoms. The van der Waals surface area contributed by atoms with Crippen molar-refractivity contribution in [3.63, 3.8) is 0 Å². The van der Waals surface area contributed by atoms with Crippen LogP contribution in [0.5, 0.6) is 0 Å². The van der Waals surface area contributed by atoms with Crippen LogP contribution in [0, 0.1) is 5.92 Å². The van der Waals surface area contributed by atoms with Crippen LogP contribution in [-0.4, -0.2) is 72.2 Å². The minimum Gasteiger partial charge on any atom is -0.481 e. The van der Waals surface area contributed by atoms with Crippen molar-refractivity contribution in [2.24, 2.45) is 5.92 Å². The lowest BCUT2D eigenvalue weighted by Crippen LogP contribution is -2.57. The standard InChI is InChI=1S/C22H32F3N3O2/c1-16(2)28-9-8-20(17(15-28)6-7-21(29)30)27-12-10-26(11-13-27)19-5-3-4-18(14-19)22(23,24)25/h3-5,14,16-17,20H,6-13,15H2,1-2H3,(H,29,30)/t17-,20+/m1/s1. The summed E-state index contributed by atoms with van der Waals surface area (Å²) < 4.78 is 39.1. The van der Waals surface area contributed by atoms with Gasteiger partial charge in [0, 0.05) is 56.9 Å². The average molecular weight is 428 g/mol. The van der Waals surface area contributed by atoms with Gasteiger partial charge in [0.15, 0.2) is 0 Å². The minimum atomic E-state index is -4.33. The molecule has 1 N–H and O–H groups in total. The summed E-state index contributed by atoms with van der Waals surface area (Å²) in [6, 6.07) is 6.32. The minimum absolute atomic E-state index is 0.178. The number of benzene rings is 1. The zero-order chi connectivity index (χ0) is 21.9. The van der Waals surface area contributed by atoms with E-state index in [1.54, 1.807) is 6.07 Å². The first-order valence-corrected chi connectivity index (χ1v) is 10.8. The van der Waals surface area contributed by atoms with Gasteiger partial charge in [-0.05, 0) is 57.4 Å². The van der Waals surface area contributed by atoms with E-state index in [1.165, 1.54) is 12.1 Å². The van der Waals surface area contributed by atoms with E-state index in [9.17, 15) is 18.0 Å². The monoisotopic (exact) mass is 427 g/mol. The van der Waals surface area contributed by atoms with E-state index in [0.717, 1.165) is 38.7 Å². The van der Waals surface area contributed by atoms with Crippen LogP contribution >= 0.6 is 0 Å². The number of hydrogen-bond donors (Lipinski definition) is 1. The summed E-state index contributed by atoms with van der Waals surface area (Å²) in [5.74, 6) is -0.456. The van der Waals surface area contributed by atoms with Crippen LogP contribution in [0.4, 0.5) is 18.9 Å². The lowest BCUT2D eigenvalue weighted by atomic mass is 9.86. The van der Waals surface area contributed by atoms with E-state index in [-0.39, 0.29) is 6.42 Å². The number of alkyl halides is 3. The van der Waals surface area contributed by atoms with Crippen LogP contribution in [0.3, 0.4) is 0 Å². The quantitative estimate of drug-likeness (QED) is 0.749. The Morgan fingerprint density at radius 1 is 1.17 bits per heavy atom. The predicted molar refractivity (Wildman–Crippen MR) is 111 cm³/mol. The molecule has 168 valence electrons. The van der Waals surface area contributed by atoms with Crippen molar-refractivity contribution in [1.82, 2.24) is 9.80 Å². The molecule has 2 saturated heterocycles. The molecule has 0 aliphatic carbocycles. The van der Waals surface area contributed by atoms with Crippen molar-refractivity contribution >= 4 is 11.7 Å². The van der Waals surface area contributed by atoms with Gasteiger partial charge in [-0.15, -0.1) is 0 Å². The van der Waals surface area contributed by atoms with Crippen molar-refractivity contribution < 1.29 is 23.1 Å². The van der Waals surface area contributed by atoms with Gasteiger partial charge in [-0.3, -0.25) is 9.69 Å². The second kappa shape index (κ2) is 9.56. The first kappa shape index (κ1) is 22.9. The zero-order valence-electron chi connectivity index (χ0n) is 17.7. The van der Waals surface area contributed by atoms with E-state index in [2.05, 4.69) is 23.6 Å². The molecule has 2 aliphatic rings. The second-order valence-corrected chi connectivity index (χ2v) is 8.71. The number of piperazine rings is 1.